The molecule has 11 N–H and O–H groups in total. The number of aliphatic carboxylic acids is 3. The van der Waals surface area contributed by atoms with E-state index in [4.69, 9.17) is 32.5 Å². The number of phenolic OH excluding ortho intramolecular Hbond substituents is 2. The van der Waals surface area contributed by atoms with Crippen LogP contribution in [0.3, 0.4) is 0 Å². The summed E-state index contributed by atoms with van der Waals surface area (Å²) in [5.74, 6) is -4.78. The first-order valence-corrected chi connectivity index (χ1v) is 10.8. The highest BCUT2D eigenvalue weighted by atomic mass is 32.2. The van der Waals surface area contributed by atoms with Crippen molar-refractivity contribution in [2.45, 2.75) is 32.8 Å². The number of benzene rings is 1. The van der Waals surface area contributed by atoms with Crippen LogP contribution in [0, 0.1) is 0 Å². The van der Waals surface area contributed by atoms with Gasteiger partial charge in [-0.25, -0.2) is 0 Å². The van der Waals surface area contributed by atoms with Crippen LogP contribution >= 0.6 is 35.3 Å². The maximum absolute atomic E-state index is 10.9. The van der Waals surface area contributed by atoms with E-state index in [0.717, 1.165) is 35.3 Å². The summed E-state index contributed by atoms with van der Waals surface area (Å²) in [6, 6.07) is -2.51. The van der Waals surface area contributed by atoms with Crippen LogP contribution < -0.4 is 17.2 Å². The van der Waals surface area contributed by atoms with Crippen LogP contribution in [0.4, 0.5) is 0 Å². The van der Waals surface area contributed by atoms with E-state index in [0.29, 0.717) is 0 Å². The lowest BCUT2D eigenvalue weighted by Gasteiger charge is -2.18. The molecule has 1 aromatic rings. The Bertz CT molecular complexity index is 780. The third-order valence-electron chi connectivity index (χ3n) is 3.34. The summed E-state index contributed by atoms with van der Waals surface area (Å²) in [4.78, 5) is 33.0. The maximum Gasteiger partial charge on any atom is 0.321 e. The summed E-state index contributed by atoms with van der Waals surface area (Å²) in [7, 11) is 0. The topological polar surface area (TPSA) is 230 Å². The molecule has 0 aliphatic heterocycles. The van der Waals surface area contributed by atoms with Crippen LogP contribution in [-0.4, -0.2) is 78.8 Å². The zero-order valence-electron chi connectivity index (χ0n) is 14.8. The maximum atomic E-state index is 10.9. The van der Waals surface area contributed by atoms with Gasteiger partial charge >= 0.3 is 17.9 Å². The van der Waals surface area contributed by atoms with Gasteiger partial charge in [-0.05, 0) is 6.07 Å². The van der Waals surface area contributed by atoms with Gasteiger partial charge in [-0.3, -0.25) is 14.4 Å². The summed E-state index contributed by atoms with van der Waals surface area (Å²) in [6.45, 7) is 0. The van der Waals surface area contributed by atoms with Gasteiger partial charge in [0.15, 0.2) is 0 Å². The smallest absolute Gasteiger partial charge is 0.321 e. The lowest BCUT2D eigenvalue weighted by molar-refractivity contribution is -0.138. The number of carbonyl (C=O) groups is 3. The molecule has 162 valence electrons. The monoisotopic (exact) mass is 467 g/mol. The fraction of sp³-hybridized carbons (Fsp3) is 0.400. The Labute approximate surface area is 178 Å². The molecular weight excluding hydrogens is 446 g/mol. The molecule has 29 heavy (non-hydrogen) atoms. The summed E-state index contributed by atoms with van der Waals surface area (Å²) in [5, 5.41) is 47.6. The van der Waals surface area contributed by atoms with E-state index < -0.39 is 36.0 Å². The van der Waals surface area contributed by atoms with Gasteiger partial charge in [0.1, 0.15) is 29.6 Å². The Hall–Kier alpha value is -1.84. The van der Waals surface area contributed by atoms with E-state index in [9.17, 15) is 24.6 Å². The largest absolute Gasteiger partial charge is 0.507 e. The van der Waals surface area contributed by atoms with Crippen LogP contribution in [0.25, 0.3) is 0 Å². The van der Waals surface area contributed by atoms with E-state index in [2.05, 4.69) is 0 Å². The molecule has 0 aliphatic rings. The minimum atomic E-state index is -1.26. The minimum absolute atomic E-state index is 0.0793. The first-order chi connectivity index (χ1) is 13.5. The van der Waals surface area contributed by atoms with Crippen molar-refractivity contribution in [2.75, 3.05) is 17.3 Å². The van der Waals surface area contributed by atoms with E-state index in [1.54, 1.807) is 0 Å². The second kappa shape index (κ2) is 11.4. The van der Waals surface area contributed by atoms with Gasteiger partial charge in [0, 0.05) is 17.3 Å². The van der Waals surface area contributed by atoms with Crippen molar-refractivity contribution in [3.05, 3.63) is 6.07 Å². The van der Waals surface area contributed by atoms with Crippen LogP contribution in [0.15, 0.2) is 20.8 Å². The second-order valence-corrected chi connectivity index (χ2v) is 8.79. The number of nitrogens with two attached hydrogens (primary N) is 3. The third-order valence-corrected chi connectivity index (χ3v) is 7.06. The zero-order chi connectivity index (χ0) is 22.3. The van der Waals surface area contributed by atoms with E-state index in [1.165, 1.54) is 6.07 Å². The highest BCUT2D eigenvalue weighted by molar-refractivity contribution is 8.02. The van der Waals surface area contributed by atoms with Crippen LogP contribution in [0.2, 0.25) is 0 Å². The van der Waals surface area contributed by atoms with Crippen LogP contribution in [0.1, 0.15) is 0 Å². The summed E-state index contributed by atoms with van der Waals surface area (Å²) in [6.07, 6.45) is 0. The molecule has 0 bridgehead atoms. The fourth-order valence-corrected chi connectivity index (χ4v) is 4.97. The van der Waals surface area contributed by atoms with Crippen LogP contribution in [-0.2, 0) is 14.4 Å². The first-order valence-electron chi connectivity index (χ1n) is 7.88. The van der Waals surface area contributed by atoms with Gasteiger partial charge in [-0.2, -0.15) is 0 Å². The van der Waals surface area contributed by atoms with Crippen molar-refractivity contribution < 1.29 is 39.9 Å². The van der Waals surface area contributed by atoms with Gasteiger partial charge < -0.3 is 42.7 Å². The molecule has 3 atom stereocenters. The first kappa shape index (κ1) is 25.2. The molecule has 14 heteroatoms. The fourth-order valence-electron chi connectivity index (χ4n) is 1.72. The van der Waals surface area contributed by atoms with Gasteiger partial charge in [0.05, 0.1) is 14.7 Å². The average Bonchev–Trinajstić information content (AvgIpc) is 2.64. The molecule has 0 aromatic heterocycles. The number of hydrogen-bond donors (Lipinski definition) is 8. The molecule has 0 unspecified atom stereocenters. The molecule has 0 spiro atoms. The number of thioether (sulfide) groups is 3. The molecule has 0 saturated heterocycles. The van der Waals surface area contributed by atoms with Crippen LogP contribution in [0.5, 0.6) is 11.5 Å². The molecule has 0 heterocycles. The molecule has 0 saturated carbocycles. The average molecular weight is 468 g/mol. The molecular formula is C15H21N3O8S3. The van der Waals surface area contributed by atoms with Gasteiger partial charge in [-0.15, -0.1) is 35.3 Å². The standard InChI is InChI=1S/C15H21N3O8S3/c16-5(13(21)22)2-27-9-1-8(19)11(28-3-6(17)14(23)24)12(10(9)20)29-4-7(18)15(25)26/h1,5-7,19-20H,2-4,16-18H2,(H,21,22)(H,23,24)(H,25,26)/t5-,6-,7-/m0/s1. The molecule has 0 fully saturated rings. The predicted molar refractivity (Wildman–Crippen MR) is 109 cm³/mol. The summed E-state index contributed by atoms with van der Waals surface area (Å²) >= 11 is 2.61. The van der Waals surface area contributed by atoms with Gasteiger partial charge in [0.25, 0.3) is 0 Å². The quantitative estimate of drug-likeness (QED) is 0.144. The van der Waals surface area contributed by atoms with E-state index in [-0.39, 0.29) is 43.4 Å². The second-order valence-electron chi connectivity index (χ2n) is 5.67. The molecule has 0 amide bonds. The van der Waals surface area contributed by atoms with Gasteiger partial charge in [0.2, 0.25) is 0 Å². The lowest BCUT2D eigenvalue weighted by Crippen LogP contribution is -2.32. The highest BCUT2D eigenvalue weighted by Gasteiger charge is 2.24. The van der Waals surface area contributed by atoms with Crippen molar-refractivity contribution in [1.82, 2.24) is 0 Å². The summed E-state index contributed by atoms with van der Waals surface area (Å²) in [5.41, 5.74) is 16.4. The van der Waals surface area contributed by atoms with Crippen molar-refractivity contribution in [2.24, 2.45) is 17.2 Å². The highest BCUT2D eigenvalue weighted by Crippen LogP contribution is 2.48. The number of rotatable bonds is 12. The van der Waals surface area contributed by atoms with Gasteiger partial charge in [-0.1, -0.05) is 0 Å². The Morgan fingerprint density at radius 1 is 0.759 bits per heavy atom. The SMILES string of the molecule is N[C@@H](CSc1cc(O)c(SC[C@H](N)C(=O)O)c(SC[C@H](N)C(=O)O)c1O)C(=O)O. The molecule has 0 radical (unpaired) electrons. The third kappa shape index (κ3) is 7.49. The number of hydrogen-bond acceptors (Lipinski definition) is 11. The Morgan fingerprint density at radius 3 is 1.55 bits per heavy atom. The van der Waals surface area contributed by atoms with E-state index in [1.807, 2.05) is 0 Å². The van der Waals surface area contributed by atoms with Crippen molar-refractivity contribution in [1.29, 1.82) is 0 Å². The Kier molecular flexibility index (Phi) is 9.88. The predicted octanol–water partition coefficient (Wildman–Crippen LogP) is -0.390. The summed E-state index contributed by atoms with van der Waals surface area (Å²) < 4.78 is 0. The number of carboxylic acids is 3. The number of aromatic hydroxyl groups is 2. The molecule has 1 rings (SSSR count). The number of carboxylic acid groups (broad SMARTS) is 3. The molecule has 11 nitrogen and oxygen atoms in total. The number of phenols is 2. The Morgan fingerprint density at radius 2 is 1.14 bits per heavy atom. The van der Waals surface area contributed by atoms with Crippen molar-refractivity contribution in [3.63, 3.8) is 0 Å². The Balaban J connectivity index is 3.20. The minimum Gasteiger partial charge on any atom is -0.507 e. The normalized spacial score (nSPS) is 14.2. The van der Waals surface area contributed by atoms with Crippen molar-refractivity contribution >= 4 is 53.2 Å². The van der Waals surface area contributed by atoms with E-state index >= 15 is 0 Å². The zero-order valence-corrected chi connectivity index (χ0v) is 17.3. The lowest BCUT2D eigenvalue weighted by atomic mass is 10.3. The molecule has 0 aliphatic carbocycles. The molecule has 1 aromatic carbocycles. The van der Waals surface area contributed by atoms with Crippen molar-refractivity contribution in [3.8, 4) is 11.5 Å².